The molecule has 2 bridgehead atoms. The van der Waals surface area contributed by atoms with E-state index in [-0.39, 0.29) is 6.10 Å². The van der Waals surface area contributed by atoms with E-state index < -0.39 is 5.79 Å². The molecule has 1 aliphatic heterocycles. The van der Waals surface area contributed by atoms with Gasteiger partial charge in [0.05, 0.1) is 19.3 Å². The van der Waals surface area contributed by atoms with Gasteiger partial charge in [-0.25, -0.2) is 0 Å². The summed E-state index contributed by atoms with van der Waals surface area (Å²) in [6.07, 6.45) is 3.27. The molecule has 3 aliphatic rings. The molecule has 104 valence electrons. The first-order chi connectivity index (χ1) is 8.79. The fourth-order valence-electron chi connectivity index (χ4n) is 3.99. The third-order valence-electron chi connectivity index (χ3n) is 4.80. The van der Waals surface area contributed by atoms with E-state index in [9.17, 15) is 0 Å². The van der Waals surface area contributed by atoms with Crippen LogP contribution in [0.25, 0.3) is 0 Å². The molecular weight excluding hydrogens is 234 g/mol. The van der Waals surface area contributed by atoms with Crippen LogP contribution >= 0.6 is 0 Å². The van der Waals surface area contributed by atoms with Gasteiger partial charge in [0, 0.05) is 19.4 Å². The topological polar surface area (TPSA) is 62.9 Å². The van der Waals surface area contributed by atoms with Crippen LogP contribution in [0.3, 0.4) is 0 Å². The molecule has 2 aliphatic carbocycles. The highest BCUT2D eigenvalue weighted by molar-refractivity contribution is 5.03. The minimum Gasteiger partial charge on any atom is -0.359 e. The maximum Gasteiger partial charge on any atom is 0.174 e. The van der Waals surface area contributed by atoms with Gasteiger partial charge in [0.1, 0.15) is 6.79 Å². The average Bonchev–Trinajstić information content (AvgIpc) is 2.98. The molecule has 18 heavy (non-hydrogen) atoms. The van der Waals surface area contributed by atoms with Gasteiger partial charge in [-0.3, -0.25) is 0 Å². The van der Waals surface area contributed by atoms with Gasteiger partial charge >= 0.3 is 0 Å². The Morgan fingerprint density at radius 3 is 2.72 bits per heavy atom. The quantitative estimate of drug-likeness (QED) is 0.752. The third-order valence-corrected chi connectivity index (χ3v) is 4.80. The number of hydrogen-bond donors (Lipinski definition) is 1. The molecule has 3 fully saturated rings. The van der Waals surface area contributed by atoms with E-state index in [4.69, 9.17) is 24.7 Å². The SMILES string of the molecule is COCO[C@H]1C[C@@H]2C[C@H]1C1(C[C@H]2CN)OCCO1. The molecule has 0 amide bonds. The summed E-state index contributed by atoms with van der Waals surface area (Å²) in [6.45, 7) is 2.44. The Morgan fingerprint density at radius 2 is 2.06 bits per heavy atom. The van der Waals surface area contributed by atoms with E-state index in [2.05, 4.69) is 0 Å². The zero-order chi connectivity index (χ0) is 12.6. The fourth-order valence-corrected chi connectivity index (χ4v) is 3.99. The van der Waals surface area contributed by atoms with Crippen LogP contribution in [0.15, 0.2) is 0 Å². The van der Waals surface area contributed by atoms with E-state index in [1.165, 1.54) is 0 Å². The lowest BCUT2D eigenvalue weighted by molar-refractivity contribution is -0.239. The predicted molar refractivity (Wildman–Crippen MR) is 64.8 cm³/mol. The number of fused-ring (bicyclic) bond motifs is 3. The van der Waals surface area contributed by atoms with Gasteiger partial charge in [-0.05, 0) is 31.2 Å². The predicted octanol–water partition coefficient (Wildman–Crippen LogP) is 0.723. The summed E-state index contributed by atoms with van der Waals surface area (Å²) < 4.78 is 22.8. The fraction of sp³-hybridized carbons (Fsp3) is 1.00. The van der Waals surface area contributed by atoms with Crippen molar-refractivity contribution in [2.75, 3.05) is 33.7 Å². The zero-order valence-electron chi connectivity index (χ0n) is 11.0. The molecule has 4 atom stereocenters. The molecule has 1 spiro atoms. The van der Waals surface area contributed by atoms with E-state index in [0.717, 1.165) is 19.3 Å². The molecule has 0 aromatic rings. The van der Waals surface area contributed by atoms with E-state index >= 15 is 0 Å². The lowest BCUT2D eigenvalue weighted by Crippen LogP contribution is -2.48. The summed E-state index contributed by atoms with van der Waals surface area (Å²) in [5.74, 6) is 1.05. The van der Waals surface area contributed by atoms with Crippen LogP contribution in [0.2, 0.25) is 0 Å². The van der Waals surface area contributed by atoms with Crippen molar-refractivity contribution in [2.24, 2.45) is 23.5 Å². The summed E-state index contributed by atoms with van der Waals surface area (Å²) in [5.41, 5.74) is 5.91. The number of hydrogen-bond acceptors (Lipinski definition) is 5. The normalized spacial score (nSPS) is 41.7. The Hall–Kier alpha value is -0.200. The molecule has 2 N–H and O–H groups in total. The van der Waals surface area contributed by atoms with Crippen LogP contribution in [0, 0.1) is 17.8 Å². The van der Waals surface area contributed by atoms with Crippen LogP contribution in [0.1, 0.15) is 19.3 Å². The van der Waals surface area contributed by atoms with Crippen molar-refractivity contribution in [3.8, 4) is 0 Å². The summed E-state index contributed by atoms with van der Waals surface area (Å²) in [6, 6.07) is 0. The first-order valence-electron chi connectivity index (χ1n) is 6.87. The molecule has 2 saturated carbocycles. The smallest absolute Gasteiger partial charge is 0.174 e. The molecule has 5 nitrogen and oxygen atoms in total. The third kappa shape index (κ3) is 1.98. The number of ether oxygens (including phenoxy) is 4. The van der Waals surface area contributed by atoms with E-state index in [1.54, 1.807) is 7.11 Å². The molecule has 5 heteroatoms. The Bertz CT molecular complexity index is 293. The Kier molecular flexibility index (Phi) is 3.60. The lowest BCUT2D eigenvalue weighted by Gasteiger charge is -2.42. The zero-order valence-corrected chi connectivity index (χ0v) is 11.0. The van der Waals surface area contributed by atoms with Gasteiger partial charge in [-0.2, -0.15) is 0 Å². The molecule has 1 saturated heterocycles. The first-order valence-corrected chi connectivity index (χ1v) is 6.87. The number of rotatable bonds is 4. The molecule has 1 heterocycles. The van der Waals surface area contributed by atoms with Crippen molar-refractivity contribution in [1.29, 1.82) is 0 Å². The van der Waals surface area contributed by atoms with Gasteiger partial charge in [0.25, 0.3) is 0 Å². The van der Waals surface area contributed by atoms with Crippen LogP contribution in [-0.4, -0.2) is 45.6 Å². The highest BCUT2D eigenvalue weighted by Crippen LogP contribution is 2.54. The van der Waals surface area contributed by atoms with E-state index in [1.807, 2.05) is 0 Å². The second-order valence-corrected chi connectivity index (χ2v) is 5.66. The van der Waals surface area contributed by atoms with Crippen molar-refractivity contribution in [1.82, 2.24) is 0 Å². The minimum atomic E-state index is -0.435. The molecule has 3 rings (SSSR count). The monoisotopic (exact) mass is 257 g/mol. The van der Waals surface area contributed by atoms with Gasteiger partial charge in [-0.15, -0.1) is 0 Å². The molecule has 0 radical (unpaired) electrons. The van der Waals surface area contributed by atoms with Crippen LogP contribution in [-0.2, 0) is 18.9 Å². The van der Waals surface area contributed by atoms with Crippen LogP contribution < -0.4 is 5.73 Å². The highest BCUT2D eigenvalue weighted by Gasteiger charge is 2.58. The van der Waals surface area contributed by atoms with Gasteiger partial charge in [0.15, 0.2) is 5.79 Å². The average molecular weight is 257 g/mol. The summed E-state index contributed by atoms with van der Waals surface area (Å²) in [4.78, 5) is 0. The van der Waals surface area contributed by atoms with Crippen molar-refractivity contribution in [3.63, 3.8) is 0 Å². The maximum atomic E-state index is 5.96. The van der Waals surface area contributed by atoms with Gasteiger partial charge in [0.2, 0.25) is 0 Å². The Morgan fingerprint density at radius 1 is 1.28 bits per heavy atom. The second kappa shape index (κ2) is 5.06. The summed E-state index contributed by atoms with van der Waals surface area (Å²) in [5, 5.41) is 0. The Labute approximate surface area is 108 Å². The summed E-state index contributed by atoms with van der Waals surface area (Å²) in [7, 11) is 1.65. The maximum absolute atomic E-state index is 5.96. The van der Waals surface area contributed by atoms with Crippen molar-refractivity contribution < 1.29 is 18.9 Å². The van der Waals surface area contributed by atoms with Crippen molar-refractivity contribution >= 4 is 0 Å². The van der Waals surface area contributed by atoms with Crippen LogP contribution in [0.5, 0.6) is 0 Å². The van der Waals surface area contributed by atoms with E-state index in [0.29, 0.717) is 44.3 Å². The highest BCUT2D eigenvalue weighted by atomic mass is 16.7. The van der Waals surface area contributed by atoms with Crippen molar-refractivity contribution in [2.45, 2.75) is 31.2 Å². The van der Waals surface area contributed by atoms with Gasteiger partial charge in [-0.1, -0.05) is 0 Å². The Balaban J connectivity index is 1.78. The molecule has 0 unspecified atom stereocenters. The number of nitrogens with two attached hydrogens (primary N) is 1. The standard InChI is InChI=1S/C13H23NO4/c1-15-8-16-12-5-9-4-11(12)13(6-10(9)7-14)17-2-3-18-13/h9-12H,2-8,14H2,1H3/t9-,10-,11+,12-/m0/s1. The van der Waals surface area contributed by atoms with Crippen molar-refractivity contribution in [3.05, 3.63) is 0 Å². The summed E-state index contributed by atoms with van der Waals surface area (Å²) >= 11 is 0. The minimum absolute atomic E-state index is 0.185. The molecule has 0 aromatic carbocycles. The second-order valence-electron chi connectivity index (χ2n) is 5.66. The largest absolute Gasteiger partial charge is 0.359 e. The van der Waals surface area contributed by atoms with Crippen LogP contribution in [0.4, 0.5) is 0 Å². The first kappa shape index (κ1) is 12.8. The molecular formula is C13H23NO4. The lowest BCUT2D eigenvalue weighted by atomic mass is 9.76. The molecule has 0 aromatic heterocycles. The van der Waals surface area contributed by atoms with Gasteiger partial charge < -0.3 is 24.7 Å². The number of methoxy groups -OCH3 is 1.